The van der Waals surface area contributed by atoms with E-state index in [1.165, 1.54) is 0 Å². The maximum Gasteiger partial charge on any atom is 0.338 e. The Labute approximate surface area is 165 Å². The van der Waals surface area contributed by atoms with Crippen LogP contribution in [0.5, 0.6) is 11.5 Å². The summed E-state index contributed by atoms with van der Waals surface area (Å²) in [5, 5.41) is 2.70. The van der Waals surface area contributed by atoms with Crippen LogP contribution >= 0.6 is 0 Å². The Bertz CT molecular complexity index is 803. The zero-order valence-corrected chi connectivity index (χ0v) is 16.6. The normalized spacial score (nSPS) is 10.2. The number of carbonyl (C=O) groups excluding carboxylic acids is 2. The summed E-state index contributed by atoms with van der Waals surface area (Å²) in [6.45, 7) is 6.53. The van der Waals surface area contributed by atoms with E-state index in [-0.39, 0.29) is 6.61 Å². The third kappa shape index (κ3) is 6.61. The van der Waals surface area contributed by atoms with Crippen molar-refractivity contribution in [1.82, 2.24) is 0 Å². The minimum absolute atomic E-state index is 0.301. The third-order valence-electron chi connectivity index (χ3n) is 3.87. The molecule has 2 rings (SSSR count). The van der Waals surface area contributed by atoms with Gasteiger partial charge in [0.25, 0.3) is 5.91 Å². The SMILES string of the molecule is CCCCOc1ccc(C(=O)OCC(=O)Nc2cccc(C)c2)cc1OCC. The highest BCUT2D eigenvalue weighted by Crippen LogP contribution is 2.29. The van der Waals surface area contributed by atoms with Crippen LogP contribution in [-0.4, -0.2) is 31.7 Å². The first-order valence-electron chi connectivity index (χ1n) is 9.46. The van der Waals surface area contributed by atoms with E-state index in [2.05, 4.69) is 12.2 Å². The molecule has 0 bridgehead atoms. The molecule has 0 heterocycles. The predicted octanol–water partition coefficient (Wildman–Crippen LogP) is 4.37. The lowest BCUT2D eigenvalue weighted by Gasteiger charge is -2.13. The minimum Gasteiger partial charge on any atom is -0.490 e. The van der Waals surface area contributed by atoms with Crippen LogP contribution in [0.25, 0.3) is 0 Å². The Balaban J connectivity index is 1.95. The summed E-state index contributed by atoms with van der Waals surface area (Å²) >= 11 is 0. The smallest absolute Gasteiger partial charge is 0.338 e. The maximum atomic E-state index is 12.3. The molecule has 6 heteroatoms. The van der Waals surface area contributed by atoms with E-state index in [0.717, 1.165) is 18.4 Å². The molecule has 0 radical (unpaired) electrons. The topological polar surface area (TPSA) is 73.9 Å². The third-order valence-corrected chi connectivity index (χ3v) is 3.87. The molecule has 150 valence electrons. The number of hydrogen-bond donors (Lipinski definition) is 1. The van der Waals surface area contributed by atoms with Gasteiger partial charge < -0.3 is 19.5 Å². The molecule has 2 aromatic rings. The Hall–Kier alpha value is -3.02. The highest BCUT2D eigenvalue weighted by atomic mass is 16.5. The van der Waals surface area contributed by atoms with Gasteiger partial charge in [-0.15, -0.1) is 0 Å². The van der Waals surface area contributed by atoms with E-state index in [9.17, 15) is 9.59 Å². The van der Waals surface area contributed by atoms with Crippen LogP contribution in [0, 0.1) is 6.92 Å². The van der Waals surface area contributed by atoms with E-state index in [1.54, 1.807) is 24.3 Å². The molecule has 0 aliphatic carbocycles. The number of ether oxygens (including phenoxy) is 3. The van der Waals surface area contributed by atoms with E-state index in [0.29, 0.717) is 36.0 Å². The van der Waals surface area contributed by atoms with Gasteiger partial charge in [-0.1, -0.05) is 25.5 Å². The van der Waals surface area contributed by atoms with Crippen molar-refractivity contribution in [2.75, 3.05) is 25.1 Å². The van der Waals surface area contributed by atoms with Crippen molar-refractivity contribution in [1.29, 1.82) is 0 Å². The Morgan fingerprint density at radius 3 is 2.54 bits per heavy atom. The molecule has 1 amide bonds. The number of esters is 1. The molecule has 6 nitrogen and oxygen atoms in total. The van der Waals surface area contributed by atoms with Crippen molar-refractivity contribution in [3.05, 3.63) is 53.6 Å². The Kier molecular flexibility index (Phi) is 8.34. The first-order valence-corrected chi connectivity index (χ1v) is 9.46. The zero-order chi connectivity index (χ0) is 20.4. The molecule has 0 aromatic heterocycles. The van der Waals surface area contributed by atoms with Crippen molar-refractivity contribution >= 4 is 17.6 Å². The van der Waals surface area contributed by atoms with Crippen molar-refractivity contribution in [3.63, 3.8) is 0 Å². The highest BCUT2D eigenvalue weighted by molar-refractivity contribution is 5.95. The molecular formula is C22H27NO5. The van der Waals surface area contributed by atoms with Gasteiger partial charge in [0.1, 0.15) is 0 Å². The summed E-state index contributed by atoms with van der Waals surface area (Å²) in [5.74, 6) is 0.0743. The number of nitrogens with one attached hydrogen (secondary N) is 1. The van der Waals surface area contributed by atoms with Crippen LogP contribution in [0.2, 0.25) is 0 Å². The minimum atomic E-state index is -0.597. The Morgan fingerprint density at radius 1 is 1.00 bits per heavy atom. The van der Waals surface area contributed by atoms with Crippen molar-refractivity contribution in [3.8, 4) is 11.5 Å². The summed E-state index contributed by atoms with van der Waals surface area (Å²) in [7, 11) is 0. The lowest BCUT2D eigenvalue weighted by molar-refractivity contribution is -0.119. The second-order valence-corrected chi connectivity index (χ2v) is 6.29. The molecule has 2 aromatic carbocycles. The van der Waals surface area contributed by atoms with Gasteiger partial charge in [-0.05, 0) is 56.2 Å². The van der Waals surface area contributed by atoms with Crippen LogP contribution in [0.1, 0.15) is 42.6 Å². The number of rotatable bonds is 10. The summed E-state index contributed by atoms with van der Waals surface area (Å²) in [5.41, 5.74) is 1.99. The predicted molar refractivity (Wildman–Crippen MR) is 108 cm³/mol. The van der Waals surface area contributed by atoms with Crippen molar-refractivity contribution < 1.29 is 23.8 Å². The van der Waals surface area contributed by atoms with E-state index in [1.807, 2.05) is 32.0 Å². The van der Waals surface area contributed by atoms with E-state index in [4.69, 9.17) is 14.2 Å². The second-order valence-electron chi connectivity index (χ2n) is 6.29. The number of carbonyl (C=O) groups is 2. The van der Waals surface area contributed by atoms with Crippen LogP contribution in [0.3, 0.4) is 0 Å². The average Bonchev–Trinajstić information content (AvgIpc) is 2.67. The van der Waals surface area contributed by atoms with Gasteiger partial charge in [-0.25, -0.2) is 4.79 Å². The van der Waals surface area contributed by atoms with Crippen molar-refractivity contribution in [2.24, 2.45) is 0 Å². The monoisotopic (exact) mass is 385 g/mol. The van der Waals surface area contributed by atoms with Gasteiger partial charge in [0.2, 0.25) is 0 Å². The maximum absolute atomic E-state index is 12.3. The number of hydrogen-bond acceptors (Lipinski definition) is 5. The fourth-order valence-corrected chi connectivity index (χ4v) is 2.48. The molecule has 0 aliphatic rings. The summed E-state index contributed by atoms with van der Waals surface area (Å²) in [4.78, 5) is 24.3. The molecule has 28 heavy (non-hydrogen) atoms. The average molecular weight is 385 g/mol. The Morgan fingerprint density at radius 2 is 1.82 bits per heavy atom. The second kappa shape index (κ2) is 11.0. The van der Waals surface area contributed by atoms with E-state index >= 15 is 0 Å². The summed E-state index contributed by atoms with van der Waals surface area (Å²) in [6.07, 6.45) is 1.96. The van der Waals surface area contributed by atoms with E-state index < -0.39 is 11.9 Å². The van der Waals surface area contributed by atoms with Gasteiger partial charge in [-0.2, -0.15) is 0 Å². The standard InChI is InChI=1S/C22H27NO5/c1-4-6-12-27-19-11-10-17(14-20(19)26-5-2)22(25)28-15-21(24)23-18-9-7-8-16(3)13-18/h7-11,13-14H,4-6,12,15H2,1-3H3,(H,23,24). The van der Waals surface area contributed by atoms with Gasteiger partial charge >= 0.3 is 5.97 Å². The number of unbranched alkanes of at least 4 members (excludes halogenated alkanes) is 1. The van der Waals surface area contributed by atoms with Gasteiger partial charge in [0, 0.05) is 5.69 Å². The molecule has 0 unspecified atom stereocenters. The lowest BCUT2D eigenvalue weighted by Crippen LogP contribution is -2.21. The molecule has 0 aliphatic heterocycles. The molecule has 0 fully saturated rings. The zero-order valence-electron chi connectivity index (χ0n) is 16.6. The first kappa shape index (κ1) is 21.3. The number of benzene rings is 2. The molecule has 0 spiro atoms. The van der Waals surface area contributed by atoms with Crippen molar-refractivity contribution in [2.45, 2.75) is 33.6 Å². The number of anilines is 1. The molecular weight excluding hydrogens is 358 g/mol. The molecule has 0 saturated heterocycles. The van der Waals surface area contributed by atoms with Crippen LogP contribution in [0.4, 0.5) is 5.69 Å². The van der Waals surface area contributed by atoms with Crippen LogP contribution in [0.15, 0.2) is 42.5 Å². The van der Waals surface area contributed by atoms with Crippen LogP contribution < -0.4 is 14.8 Å². The number of aryl methyl sites for hydroxylation is 1. The first-order chi connectivity index (χ1) is 13.5. The molecule has 1 N–H and O–H groups in total. The van der Waals surface area contributed by atoms with Crippen LogP contribution in [-0.2, 0) is 9.53 Å². The van der Waals surface area contributed by atoms with Gasteiger partial charge in [0.15, 0.2) is 18.1 Å². The molecule has 0 atom stereocenters. The van der Waals surface area contributed by atoms with Gasteiger partial charge in [0.05, 0.1) is 18.8 Å². The molecule has 0 saturated carbocycles. The number of amides is 1. The fraction of sp³-hybridized carbons (Fsp3) is 0.364. The quantitative estimate of drug-likeness (QED) is 0.486. The fourth-order valence-electron chi connectivity index (χ4n) is 2.48. The largest absolute Gasteiger partial charge is 0.490 e. The van der Waals surface area contributed by atoms with Gasteiger partial charge in [-0.3, -0.25) is 4.79 Å². The highest BCUT2D eigenvalue weighted by Gasteiger charge is 2.14. The summed E-state index contributed by atoms with van der Waals surface area (Å²) < 4.78 is 16.4. The lowest BCUT2D eigenvalue weighted by atomic mass is 10.2. The summed E-state index contributed by atoms with van der Waals surface area (Å²) in [6, 6.07) is 12.3.